The van der Waals surface area contributed by atoms with Crippen LogP contribution in [-0.2, 0) is 13.6 Å². The normalized spacial score (nSPS) is 11.7. The first kappa shape index (κ1) is 14.9. The first-order valence-electron chi connectivity index (χ1n) is 4.46. The van der Waals surface area contributed by atoms with Crippen molar-refractivity contribution in [2.75, 3.05) is 21.3 Å². The van der Waals surface area contributed by atoms with Crippen molar-refractivity contribution in [2.24, 2.45) is 0 Å². The molecule has 102 valence electrons. The molecular formula is C9H9F4O4P. The van der Waals surface area contributed by atoms with E-state index in [0.717, 1.165) is 21.3 Å². The molecule has 0 radical (unpaired) electrons. The van der Waals surface area contributed by atoms with E-state index in [0.29, 0.717) is 0 Å². The van der Waals surface area contributed by atoms with Crippen molar-refractivity contribution >= 4 is 12.9 Å². The molecule has 0 saturated carbocycles. The third-order valence-corrected chi connectivity index (χ3v) is 4.07. The molecule has 0 aliphatic carbocycles. The Hall–Kier alpha value is -1.11. The molecule has 0 N–H and O–H groups in total. The van der Waals surface area contributed by atoms with Gasteiger partial charge in [-0.2, -0.15) is 4.39 Å². The van der Waals surface area contributed by atoms with Crippen LogP contribution in [0.25, 0.3) is 0 Å². The summed E-state index contributed by atoms with van der Waals surface area (Å²) in [5.41, 5.74) is 0. The summed E-state index contributed by atoms with van der Waals surface area (Å²) < 4.78 is 78.1. The highest BCUT2D eigenvalue weighted by atomic mass is 31.2. The van der Waals surface area contributed by atoms with Crippen LogP contribution < -0.4 is 10.0 Å². The molecule has 0 spiro atoms. The molecule has 0 aliphatic rings. The zero-order chi connectivity index (χ0) is 14.1. The SMILES string of the molecule is COc1c(F)c(F)c(F)c(F)c1P(=O)(OC)OC. The van der Waals surface area contributed by atoms with Gasteiger partial charge in [-0.3, -0.25) is 4.57 Å². The fourth-order valence-corrected chi connectivity index (χ4v) is 2.58. The minimum absolute atomic E-state index is 0.869. The van der Waals surface area contributed by atoms with E-state index in [1.165, 1.54) is 0 Å². The summed E-state index contributed by atoms with van der Waals surface area (Å²) in [6.07, 6.45) is 0. The van der Waals surface area contributed by atoms with E-state index in [-0.39, 0.29) is 0 Å². The lowest BCUT2D eigenvalue weighted by atomic mass is 10.3. The molecule has 0 atom stereocenters. The largest absolute Gasteiger partial charge is 0.493 e. The molecule has 0 unspecified atom stereocenters. The van der Waals surface area contributed by atoms with Crippen molar-refractivity contribution in [1.82, 2.24) is 0 Å². The van der Waals surface area contributed by atoms with Crippen LogP contribution in [0.15, 0.2) is 0 Å². The van der Waals surface area contributed by atoms with Crippen LogP contribution in [0, 0.1) is 23.3 Å². The van der Waals surface area contributed by atoms with Crippen molar-refractivity contribution in [1.29, 1.82) is 0 Å². The average Bonchev–Trinajstić information content (AvgIpc) is 2.39. The summed E-state index contributed by atoms with van der Waals surface area (Å²) >= 11 is 0. The maximum Gasteiger partial charge on any atom is 0.367 e. The number of rotatable bonds is 4. The molecule has 0 amide bonds. The zero-order valence-electron chi connectivity index (χ0n) is 9.59. The molecule has 1 rings (SSSR count). The van der Waals surface area contributed by atoms with Crippen LogP contribution in [0.5, 0.6) is 5.75 Å². The van der Waals surface area contributed by atoms with Crippen LogP contribution in [0.3, 0.4) is 0 Å². The fraction of sp³-hybridized carbons (Fsp3) is 0.333. The van der Waals surface area contributed by atoms with Crippen molar-refractivity contribution in [3.63, 3.8) is 0 Å². The lowest BCUT2D eigenvalue weighted by molar-refractivity contribution is 0.282. The smallest absolute Gasteiger partial charge is 0.367 e. The average molecular weight is 288 g/mol. The van der Waals surface area contributed by atoms with E-state index in [9.17, 15) is 22.1 Å². The van der Waals surface area contributed by atoms with Crippen LogP contribution in [0.4, 0.5) is 17.6 Å². The molecular weight excluding hydrogens is 279 g/mol. The second kappa shape index (κ2) is 5.26. The number of ether oxygens (including phenoxy) is 1. The second-order valence-corrected chi connectivity index (χ2v) is 5.17. The monoisotopic (exact) mass is 288 g/mol. The molecule has 0 bridgehead atoms. The summed E-state index contributed by atoms with van der Waals surface area (Å²) in [5, 5.41) is -1.13. The van der Waals surface area contributed by atoms with Crippen molar-refractivity contribution in [2.45, 2.75) is 0 Å². The maximum absolute atomic E-state index is 13.6. The summed E-state index contributed by atoms with van der Waals surface area (Å²) in [6.45, 7) is 0. The number of benzene rings is 1. The van der Waals surface area contributed by atoms with Gasteiger partial charge in [-0.15, -0.1) is 0 Å². The molecule has 1 aromatic rings. The highest BCUT2D eigenvalue weighted by molar-refractivity contribution is 7.62. The van der Waals surface area contributed by atoms with Gasteiger partial charge in [0.2, 0.25) is 11.6 Å². The Morgan fingerprint density at radius 3 is 1.67 bits per heavy atom. The van der Waals surface area contributed by atoms with Gasteiger partial charge < -0.3 is 13.8 Å². The van der Waals surface area contributed by atoms with Gasteiger partial charge in [0.05, 0.1) is 7.11 Å². The van der Waals surface area contributed by atoms with Crippen LogP contribution in [0.2, 0.25) is 0 Å². The second-order valence-electron chi connectivity index (χ2n) is 3.00. The van der Waals surface area contributed by atoms with E-state index in [4.69, 9.17) is 0 Å². The first-order valence-corrected chi connectivity index (χ1v) is 6.00. The molecule has 9 heteroatoms. The van der Waals surface area contributed by atoms with Crippen molar-refractivity contribution in [3.05, 3.63) is 23.3 Å². The van der Waals surface area contributed by atoms with Gasteiger partial charge >= 0.3 is 7.60 Å². The first-order chi connectivity index (χ1) is 8.33. The summed E-state index contributed by atoms with van der Waals surface area (Å²) in [4.78, 5) is 0. The Labute approximate surface area is 100.0 Å². The zero-order valence-corrected chi connectivity index (χ0v) is 10.5. The van der Waals surface area contributed by atoms with Gasteiger partial charge in [-0.05, 0) is 0 Å². The number of hydrogen-bond acceptors (Lipinski definition) is 4. The van der Waals surface area contributed by atoms with Crippen LogP contribution in [0.1, 0.15) is 0 Å². The van der Waals surface area contributed by atoms with Crippen molar-refractivity contribution in [3.8, 4) is 5.75 Å². The van der Waals surface area contributed by atoms with E-state index in [1.807, 2.05) is 0 Å². The Morgan fingerprint density at radius 2 is 1.28 bits per heavy atom. The lowest BCUT2D eigenvalue weighted by Gasteiger charge is -2.18. The van der Waals surface area contributed by atoms with Crippen LogP contribution in [-0.4, -0.2) is 21.3 Å². The minimum Gasteiger partial charge on any atom is -0.493 e. The summed E-state index contributed by atoms with van der Waals surface area (Å²) in [7, 11) is -1.72. The lowest BCUT2D eigenvalue weighted by Crippen LogP contribution is -2.20. The van der Waals surface area contributed by atoms with E-state index >= 15 is 0 Å². The van der Waals surface area contributed by atoms with Gasteiger partial charge in [0.15, 0.2) is 17.4 Å². The van der Waals surface area contributed by atoms with Gasteiger partial charge in [0.1, 0.15) is 5.30 Å². The summed E-state index contributed by atoms with van der Waals surface area (Å²) in [5.74, 6) is -8.98. The topological polar surface area (TPSA) is 44.8 Å². The van der Waals surface area contributed by atoms with Gasteiger partial charge in [0, 0.05) is 14.2 Å². The minimum atomic E-state index is -4.35. The van der Waals surface area contributed by atoms with E-state index in [2.05, 4.69) is 13.8 Å². The molecule has 0 saturated heterocycles. The molecule has 0 aliphatic heterocycles. The van der Waals surface area contributed by atoms with Crippen molar-refractivity contribution < 1.29 is 35.9 Å². The molecule has 1 aromatic carbocycles. The number of methoxy groups -OCH3 is 1. The molecule has 0 fully saturated rings. The highest BCUT2D eigenvalue weighted by Crippen LogP contribution is 2.49. The Kier molecular flexibility index (Phi) is 4.37. The Balaban J connectivity index is 3.78. The maximum atomic E-state index is 13.6. The predicted octanol–water partition coefficient (Wildman–Crippen LogP) is 2.36. The fourth-order valence-electron chi connectivity index (χ4n) is 1.29. The molecule has 18 heavy (non-hydrogen) atoms. The molecule has 0 heterocycles. The third-order valence-electron chi connectivity index (χ3n) is 2.16. The van der Waals surface area contributed by atoms with E-state index < -0.39 is 41.9 Å². The van der Waals surface area contributed by atoms with E-state index in [1.54, 1.807) is 0 Å². The Morgan fingerprint density at radius 1 is 0.833 bits per heavy atom. The Bertz CT molecular complexity index is 512. The third kappa shape index (κ3) is 2.11. The predicted molar refractivity (Wildman–Crippen MR) is 54.1 cm³/mol. The standard InChI is InChI=1S/C9H9F4O4P/c1-15-8-6(12)4(10)5(11)7(13)9(8)18(14,16-2)17-3/h1-3H3. The molecule has 4 nitrogen and oxygen atoms in total. The quantitative estimate of drug-likeness (QED) is 0.369. The number of halogens is 4. The summed E-state index contributed by atoms with van der Waals surface area (Å²) in [6, 6.07) is 0. The number of hydrogen-bond donors (Lipinski definition) is 0. The van der Waals surface area contributed by atoms with Gasteiger partial charge in [-0.25, -0.2) is 13.2 Å². The van der Waals surface area contributed by atoms with Gasteiger partial charge in [-0.1, -0.05) is 0 Å². The molecule has 0 aromatic heterocycles. The highest BCUT2D eigenvalue weighted by Gasteiger charge is 2.39. The van der Waals surface area contributed by atoms with Crippen LogP contribution >= 0.6 is 7.60 Å². The van der Waals surface area contributed by atoms with Gasteiger partial charge in [0.25, 0.3) is 0 Å².